The van der Waals surface area contributed by atoms with Gasteiger partial charge < -0.3 is 14.7 Å². The molecule has 1 aromatic heterocycles. The lowest BCUT2D eigenvalue weighted by molar-refractivity contribution is -0.142. The summed E-state index contributed by atoms with van der Waals surface area (Å²) < 4.78 is 20.8. The third kappa shape index (κ3) is 3.02. The second kappa shape index (κ2) is 6.78. The van der Waals surface area contributed by atoms with Gasteiger partial charge in [-0.2, -0.15) is 5.10 Å². The van der Waals surface area contributed by atoms with Crippen molar-refractivity contribution in [1.82, 2.24) is 9.78 Å². The molecule has 3 atom stereocenters. The molecule has 0 aliphatic carbocycles. The first-order valence-electron chi connectivity index (χ1n) is 8.20. The summed E-state index contributed by atoms with van der Waals surface area (Å²) in [6, 6.07) is 6.97. The van der Waals surface area contributed by atoms with E-state index in [1.807, 2.05) is 0 Å². The first-order chi connectivity index (χ1) is 12.3. The standard InChI is InChI=1S/C18H20FN3O4/c1-10-17(18(24)25)13(12-5-4-11(26-3)8-14(12)19)9-22(10)15-6-7-16(23)21(2)20-15/h4-8,10,13,17H,9H2,1-3H3,(H,24,25)/t10?,13-,17+/m0/s1. The molecule has 7 nitrogen and oxygen atoms in total. The Balaban J connectivity index is 2.01. The predicted octanol–water partition coefficient (Wildman–Crippen LogP) is 1.62. The van der Waals surface area contributed by atoms with Gasteiger partial charge in [0.25, 0.3) is 5.56 Å². The number of anilines is 1. The molecule has 0 radical (unpaired) electrons. The number of ether oxygens (including phenoxy) is 1. The van der Waals surface area contributed by atoms with Crippen LogP contribution in [0, 0.1) is 11.7 Å². The van der Waals surface area contributed by atoms with E-state index in [0.29, 0.717) is 17.1 Å². The van der Waals surface area contributed by atoms with E-state index in [-0.39, 0.29) is 12.1 Å². The zero-order chi connectivity index (χ0) is 19.0. The predicted molar refractivity (Wildman–Crippen MR) is 93.1 cm³/mol. The maximum Gasteiger partial charge on any atom is 0.309 e. The number of hydrogen-bond donors (Lipinski definition) is 1. The number of aryl methyl sites for hydroxylation is 1. The van der Waals surface area contributed by atoms with Crippen molar-refractivity contribution in [3.63, 3.8) is 0 Å². The molecule has 0 saturated carbocycles. The average Bonchev–Trinajstić information content (AvgIpc) is 2.94. The molecule has 1 unspecified atom stereocenters. The monoisotopic (exact) mass is 361 g/mol. The van der Waals surface area contributed by atoms with E-state index >= 15 is 0 Å². The van der Waals surface area contributed by atoms with Gasteiger partial charge in [-0.05, 0) is 24.6 Å². The Morgan fingerprint density at radius 1 is 1.35 bits per heavy atom. The van der Waals surface area contributed by atoms with Crippen molar-refractivity contribution in [2.75, 3.05) is 18.6 Å². The topological polar surface area (TPSA) is 84.7 Å². The molecule has 8 heteroatoms. The first kappa shape index (κ1) is 17.9. The number of aromatic nitrogens is 2. The fraction of sp³-hybridized carbons (Fsp3) is 0.389. The number of carboxylic acids is 1. The van der Waals surface area contributed by atoms with Crippen LogP contribution in [0.25, 0.3) is 0 Å². The van der Waals surface area contributed by atoms with E-state index in [0.717, 1.165) is 0 Å². The van der Waals surface area contributed by atoms with Crippen molar-refractivity contribution in [1.29, 1.82) is 0 Å². The van der Waals surface area contributed by atoms with Gasteiger partial charge in [0, 0.05) is 37.7 Å². The molecule has 2 aromatic rings. The number of nitrogens with zero attached hydrogens (tertiary/aromatic N) is 3. The van der Waals surface area contributed by atoms with Crippen LogP contribution in [0.5, 0.6) is 5.75 Å². The van der Waals surface area contributed by atoms with Crippen LogP contribution in [0.3, 0.4) is 0 Å². The molecular weight excluding hydrogens is 341 g/mol. The van der Waals surface area contributed by atoms with Gasteiger partial charge in [-0.1, -0.05) is 6.07 Å². The van der Waals surface area contributed by atoms with Gasteiger partial charge in [-0.25, -0.2) is 9.07 Å². The summed E-state index contributed by atoms with van der Waals surface area (Å²) in [4.78, 5) is 25.2. The Morgan fingerprint density at radius 3 is 2.65 bits per heavy atom. The van der Waals surface area contributed by atoms with Crippen LogP contribution in [-0.4, -0.2) is 40.6 Å². The van der Waals surface area contributed by atoms with Crippen LogP contribution in [-0.2, 0) is 11.8 Å². The molecule has 26 heavy (non-hydrogen) atoms. The molecule has 1 aliphatic heterocycles. The third-order valence-electron chi connectivity index (χ3n) is 4.97. The number of carboxylic acid groups (broad SMARTS) is 1. The van der Waals surface area contributed by atoms with Crippen molar-refractivity contribution in [2.24, 2.45) is 13.0 Å². The number of hydrogen-bond acceptors (Lipinski definition) is 5. The summed E-state index contributed by atoms with van der Waals surface area (Å²) in [7, 11) is 2.97. The highest BCUT2D eigenvalue weighted by molar-refractivity contribution is 5.74. The van der Waals surface area contributed by atoms with Gasteiger partial charge in [0.15, 0.2) is 0 Å². The van der Waals surface area contributed by atoms with Crippen LogP contribution in [0.15, 0.2) is 35.1 Å². The first-order valence-corrected chi connectivity index (χ1v) is 8.20. The second-order valence-corrected chi connectivity index (χ2v) is 6.40. The molecular formula is C18H20FN3O4. The van der Waals surface area contributed by atoms with Crippen molar-refractivity contribution in [3.8, 4) is 5.75 Å². The van der Waals surface area contributed by atoms with Crippen LogP contribution in [0.1, 0.15) is 18.4 Å². The quantitative estimate of drug-likeness (QED) is 0.891. The Labute approximate surface area is 149 Å². The van der Waals surface area contributed by atoms with Crippen LogP contribution >= 0.6 is 0 Å². The van der Waals surface area contributed by atoms with E-state index in [1.165, 1.54) is 31.0 Å². The highest BCUT2D eigenvalue weighted by Crippen LogP contribution is 2.40. The Bertz CT molecular complexity index is 898. The van der Waals surface area contributed by atoms with E-state index in [4.69, 9.17) is 4.74 Å². The normalized spacial score (nSPS) is 22.5. The highest BCUT2D eigenvalue weighted by atomic mass is 19.1. The minimum Gasteiger partial charge on any atom is -0.497 e. The number of halogens is 1. The lowest BCUT2D eigenvalue weighted by Gasteiger charge is -2.24. The Kier molecular flexibility index (Phi) is 4.67. The second-order valence-electron chi connectivity index (χ2n) is 6.40. The number of methoxy groups -OCH3 is 1. The maximum atomic E-state index is 14.5. The molecule has 1 saturated heterocycles. The van der Waals surface area contributed by atoms with E-state index in [2.05, 4.69) is 5.10 Å². The van der Waals surface area contributed by atoms with Gasteiger partial charge in [0.2, 0.25) is 0 Å². The minimum atomic E-state index is -0.995. The van der Waals surface area contributed by atoms with Gasteiger partial charge in [0.1, 0.15) is 17.4 Å². The fourth-order valence-corrected chi connectivity index (χ4v) is 3.57. The fourth-order valence-electron chi connectivity index (χ4n) is 3.57. The summed E-state index contributed by atoms with van der Waals surface area (Å²) in [5.74, 6) is -1.99. The molecule has 1 fully saturated rings. The van der Waals surface area contributed by atoms with Crippen molar-refractivity contribution >= 4 is 11.8 Å². The average molecular weight is 361 g/mol. The van der Waals surface area contributed by atoms with E-state index in [1.54, 1.807) is 30.0 Å². The third-order valence-corrected chi connectivity index (χ3v) is 4.97. The SMILES string of the molecule is COc1ccc([C@@H]2CN(c3ccc(=O)n(C)n3)C(C)[C@H]2C(=O)O)c(F)c1. The van der Waals surface area contributed by atoms with Gasteiger partial charge in [-0.15, -0.1) is 0 Å². The summed E-state index contributed by atoms with van der Waals surface area (Å²) in [5.41, 5.74) is 0.0745. The number of carbonyl (C=O) groups is 1. The highest BCUT2D eigenvalue weighted by Gasteiger charge is 2.45. The Morgan fingerprint density at radius 2 is 2.08 bits per heavy atom. The molecule has 1 aliphatic rings. The summed E-state index contributed by atoms with van der Waals surface area (Å²) in [6.45, 7) is 2.06. The summed E-state index contributed by atoms with van der Waals surface area (Å²) in [6.07, 6.45) is 0. The van der Waals surface area contributed by atoms with Crippen LogP contribution < -0.4 is 15.2 Å². The van der Waals surface area contributed by atoms with Crippen molar-refractivity contribution in [3.05, 3.63) is 52.1 Å². The zero-order valence-electron chi connectivity index (χ0n) is 14.7. The smallest absolute Gasteiger partial charge is 0.309 e. The molecule has 0 spiro atoms. The minimum absolute atomic E-state index is 0.256. The molecule has 3 rings (SSSR count). The molecule has 0 amide bonds. The molecule has 1 aromatic carbocycles. The molecule has 138 valence electrons. The van der Waals surface area contributed by atoms with Crippen molar-refractivity contribution in [2.45, 2.75) is 18.9 Å². The van der Waals surface area contributed by atoms with Crippen molar-refractivity contribution < 1.29 is 19.0 Å². The van der Waals surface area contributed by atoms with Gasteiger partial charge in [-0.3, -0.25) is 9.59 Å². The lowest BCUT2D eigenvalue weighted by atomic mass is 9.85. The Hall–Kier alpha value is -2.90. The number of benzene rings is 1. The van der Waals surface area contributed by atoms with Gasteiger partial charge in [0.05, 0.1) is 13.0 Å². The summed E-state index contributed by atoms with van der Waals surface area (Å²) >= 11 is 0. The zero-order valence-corrected chi connectivity index (χ0v) is 14.7. The summed E-state index contributed by atoms with van der Waals surface area (Å²) in [5, 5.41) is 13.9. The number of aliphatic carboxylic acids is 1. The molecule has 2 heterocycles. The van der Waals surface area contributed by atoms with Crippen LogP contribution in [0.2, 0.25) is 0 Å². The molecule has 1 N–H and O–H groups in total. The lowest BCUT2D eigenvalue weighted by Crippen LogP contribution is -2.35. The maximum absolute atomic E-state index is 14.5. The van der Waals surface area contributed by atoms with E-state index < -0.39 is 29.7 Å². The van der Waals surface area contributed by atoms with E-state index in [9.17, 15) is 19.1 Å². The number of rotatable bonds is 4. The van der Waals surface area contributed by atoms with Crippen LogP contribution in [0.4, 0.5) is 10.2 Å². The van der Waals surface area contributed by atoms with Gasteiger partial charge >= 0.3 is 5.97 Å². The molecule has 0 bridgehead atoms. The largest absolute Gasteiger partial charge is 0.497 e.